The van der Waals surface area contributed by atoms with Gasteiger partial charge >= 0.3 is 12.1 Å². The summed E-state index contributed by atoms with van der Waals surface area (Å²) in [4.78, 5) is 11.1. The van der Waals surface area contributed by atoms with Gasteiger partial charge in [-0.15, -0.1) is 0 Å². The van der Waals surface area contributed by atoms with Gasteiger partial charge in [-0.3, -0.25) is 4.55 Å². The zero-order chi connectivity index (χ0) is 13.2. The van der Waals surface area contributed by atoms with Gasteiger partial charge in [-0.2, -0.15) is 21.6 Å². The molecule has 0 radical (unpaired) electrons. The summed E-state index contributed by atoms with van der Waals surface area (Å²) >= 11 is 0. The molecular formula is C7H11F3O5S. The molecule has 0 aromatic heterocycles. The Hall–Kier alpha value is -0.830. The second-order valence-corrected chi connectivity index (χ2v) is 4.52. The molecule has 0 aliphatic heterocycles. The molecule has 0 saturated heterocycles. The molecule has 0 aliphatic rings. The van der Waals surface area contributed by atoms with Crippen LogP contribution in [0.2, 0.25) is 0 Å². The van der Waals surface area contributed by atoms with Crippen LogP contribution in [-0.4, -0.2) is 36.5 Å². The monoisotopic (exact) mass is 264 g/mol. The summed E-state index contributed by atoms with van der Waals surface area (Å²) in [6.07, 6.45) is -6.60. The Morgan fingerprint density at radius 2 is 1.75 bits per heavy atom. The normalized spacial score (nSPS) is 16.6. The third-order valence-electron chi connectivity index (χ3n) is 2.00. The van der Waals surface area contributed by atoms with Gasteiger partial charge in [0.2, 0.25) is 0 Å². The van der Waals surface area contributed by atoms with Gasteiger partial charge < -0.3 is 4.74 Å². The molecule has 1 unspecified atom stereocenters. The highest BCUT2D eigenvalue weighted by atomic mass is 32.2. The molecule has 0 aromatic rings. The van der Waals surface area contributed by atoms with Crippen LogP contribution in [0.1, 0.15) is 20.3 Å². The fraction of sp³-hybridized carbons (Fsp3) is 0.857. The van der Waals surface area contributed by atoms with Crippen molar-refractivity contribution in [3.05, 3.63) is 0 Å². The standard InChI is InChI=1S/C7H11F3O5S/c1-3-6(7(8,9)10,16(12,13)14)5(11)15-4-2/h3-4H2,1-2H3,(H,12,13,14). The van der Waals surface area contributed by atoms with E-state index in [1.54, 1.807) is 0 Å². The molecule has 0 aliphatic carbocycles. The maximum atomic E-state index is 12.6. The Kier molecular flexibility index (Phi) is 4.34. The fourth-order valence-electron chi connectivity index (χ4n) is 1.14. The third kappa shape index (κ3) is 2.29. The summed E-state index contributed by atoms with van der Waals surface area (Å²) in [5.74, 6) is -2.02. The van der Waals surface area contributed by atoms with Gasteiger partial charge in [0.1, 0.15) is 0 Å². The van der Waals surface area contributed by atoms with E-state index in [2.05, 4.69) is 4.74 Å². The lowest BCUT2D eigenvalue weighted by Crippen LogP contribution is -2.58. The van der Waals surface area contributed by atoms with Gasteiger partial charge in [0.05, 0.1) is 6.61 Å². The van der Waals surface area contributed by atoms with Crippen LogP contribution in [0.4, 0.5) is 13.2 Å². The minimum atomic E-state index is -5.66. The highest BCUT2D eigenvalue weighted by Gasteiger charge is 2.69. The molecule has 9 heteroatoms. The van der Waals surface area contributed by atoms with E-state index < -0.39 is 40.0 Å². The van der Waals surface area contributed by atoms with Crippen LogP contribution in [0.5, 0.6) is 0 Å². The molecule has 0 spiro atoms. The minimum Gasteiger partial charge on any atom is -0.464 e. The molecule has 0 bridgehead atoms. The van der Waals surface area contributed by atoms with E-state index in [9.17, 15) is 26.4 Å². The van der Waals surface area contributed by atoms with Gasteiger partial charge in [-0.1, -0.05) is 6.92 Å². The number of hydrogen-bond acceptors (Lipinski definition) is 4. The van der Waals surface area contributed by atoms with Crippen LogP contribution < -0.4 is 0 Å². The third-order valence-corrected chi connectivity index (χ3v) is 3.57. The van der Waals surface area contributed by atoms with E-state index in [-0.39, 0.29) is 0 Å². The van der Waals surface area contributed by atoms with Crippen LogP contribution in [0.15, 0.2) is 0 Å². The summed E-state index contributed by atoms with van der Waals surface area (Å²) in [7, 11) is -5.66. The molecule has 1 atom stereocenters. The molecule has 0 fully saturated rings. The summed E-state index contributed by atoms with van der Waals surface area (Å²) in [5, 5.41) is 0. The van der Waals surface area contributed by atoms with Crippen LogP contribution >= 0.6 is 0 Å². The zero-order valence-corrected chi connectivity index (χ0v) is 9.35. The number of carbonyl (C=O) groups excluding carboxylic acids is 1. The predicted octanol–water partition coefficient (Wildman–Crippen LogP) is 1.15. The Morgan fingerprint density at radius 1 is 1.31 bits per heavy atom. The number of ether oxygens (including phenoxy) is 1. The fourth-order valence-corrected chi connectivity index (χ4v) is 2.07. The van der Waals surface area contributed by atoms with Crippen LogP contribution in [0, 0.1) is 0 Å². The zero-order valence-electron chi connectivity index (χ0n) is 8.54. The first kappa shape index (κ1) is 15.2. The van der Waals surface area contributed by atoms with E-state index >= 15 is 0 Å². The van der Waals surface area contributed by atoms with Crippen molar-refractivity contribution in [3.63, 3.8) is 0 Å². The maximum Gasteiger partial charge on any atom is 0.421 e. The molecule has 0 aromatic carbocycles. The second kappa shape index (κ2) is 4.58. The number of halogens is 3. The van der Waals surface area contributed by atoms with Gasteiger partial charge in [0.15, 0.2) is 0 Å². The molecule has 0 saturated carbocycles. The van der Waals surface area contributed by atoms with Gasteiger partial charge in [-0.05, 0) is 13.3 Å². The van der Waals surface area contributed by atoms with E-state index in [4.69, 9.17) is 4.55 Å². The predicted molar refractivity (Wildman–Crippen MR) is 47.3 cm³/mol. The lowest BCUT2D eigenvalue weighted by Gasteiger charge is -2.28. The van der Waals surface area contributed by atoms with E-state index in [0.29, 0.717) is 0 Å². The van der Waals surface area contributed by atoms with Crippen LogP contribution in [0.3, 0.4) is 0 Å². The quantitative estimate of drug-likeness (QED) is 0.608. The highest BCUT2D eigenvalue weighted by Crippen LogP contribution is 2.40. The molecule has 1 N–H and O–H groups in total. The van der Waals surface area contributed by atoms with Crippen molar-refractivity contribution in [1.82, 2.24) is 0 Å². The van der Waals surface area contributed by atoms with Crippen molar-refractivity contribution in [2.75, 3.05) is 6.61 Å². The first-order valence-corrected chi connectivity index (χ1v) is 5.69. The largest absolute Gasteiger partial charge is 0.464 e. The summed E-state index contributed by atoms with van der Waals surface area (Å²) in [5.41, 5.74) is 0. The van der Waals surface area contributed by atoms with Gasteiger partial charge in [0, 0.05) is 0 Å². The summed E-state index contributed by atoms with van der Waals surface area (Å²) in [6, 6.07) is 0. The summed E-state index contributed by atoms with van der Waals surface area (Å²) < 4.78 is 68.1. The number of carbonyl (C=O) groups is 1. The Balaban J connectivity index is 5.79. The number of alkyl halides is 3. The number of hydrogen-bond donors (Lipinski definition) is 1. The molecule has 16 heavy (non-hydrogen) atoms. The molecular weight excluding hydrogens is 253 g/mol. The maximum absolute atomic E-state index is 12.6. The summed E-state index contributed by atoms with van der Waals surface area (Å²) in [6.45, 7) is 1.61. The van der Waals surface area contributed by atoms with Crippen molar-refractivity contribution >= 4 is 16.1 Å². The number of rotatable bonds is 4. The SMILES string of the molecule is CCOC(=O)C(CC)(C(F)(F)F)S(=O)(=O)O. The van der Waals surface area contributed by atoms with Crippen molar-refractivity contribution in [2.24, 2.45) is 0 Å². The Labute approximate surface area is 90.3 Å². The highest BCUT2D eigenvalue weighted by molar-refractivity contribution is 7.88. The Bertz CT molecular complexity index is 361. The average Bonchev–Trinajstić information content (AvgIpc) is 2.00. The molecule has 0 amide bonds. The first-order chi connectivity index (χ1) is 7.04. The first-order valence-electron chi connectivity index (χ1n) is 4.25. The molecule has 96 valence electrons. The van der Waals surface area contributed by atoms with Crippen molar-refractivity contribution in [3.8, 4) is 0 Å². The van der Waals surface area contributed by atoms with Crippen LogP contribution in [-0.2, 0) is 19.6 Å². The number of esters is 1. The molecule has 0 heterocycles. The lowest BCUT2D eigenvalue weighted by atomic mass is 10.1. The Morgan fingerprint density at radius 3 is 1.94 bits per heavy atom. The van der Waals surface area contributed by atoms with Crippen molar-refractivity contribution in [2.45, 2.75) is 31.2 Å². The minimum absolute atomic E-state index is 0.424. The lowest BCUT2D eigenvalue weighted by molar-refractivity contribution is -0.189. The molecule has 5 nitrogen and oxygen atoms in total. The van der Waals surface area contributed by atoms with Crippen molar-refractivity contribution < 1.29 is 35.7 Å². The van der Waals surface area contributed by atoms with E-state index in [1.165, 1.54) is 6.92 Å². The van der Waals surface area contributed by atoms with Crippen molar-refractivity contribution in [1.29, 1.82) is 0 Å². The molecule has 0 rings (SSSR count). The smallest absolute Gasteiger partial charge is 0.421 e. The van der Waals surface area contributed by atoms with E-state index in [1.807, 2.05) is 0 Å². The second-order valence-electron chi connectivity index (χ2n) is 2.87. The topological polar surface area (TPSA) is 80.7 Å². The van der Waals surface area contributed by atoms with E-state index in [0.717, 1.165) is 6.92 Å². The average molecular weight is 264 g/mol. The van der Waals surface area contributed by atoms with Gasteiger partial charge in [0.25, 0.3) is 14.9 Å². The van der Waals surface area contributed by atoms with Gasteiger partial charge in [-0.25, -0.2) is 4.79 Å². The van der Waals surface area contributed by atoms with Crippen LogP contribution in [0.25, 0.3) is 0 Å².